The maximum absolute atomic E-state index is 10.4. The smallest absolute Gasteiger partial charge is 0.325 e. The molecule has 5 nitrogen and oxygen atoms in total. The quantitative estimate of drug-likeness (QED) is 0.295. The molecular formula is C7H15O5P. The first-order valence-electron chi connectivity index (χ1n) is 3.92. The van der Waals surface area contributed by atoms with Crippen molar-refractivity contribution in [3.63, 3.8) is 0 Å². The van der Waals surface area contributed by atoms with Gasteiger partial charge in [-0.25, -0.2) is 0 Å². The fourth-order valence-electron chi connectivity index (χ4n) is 0.912. The molecule has 0 aromatic carbocycles. The van der Waals surface area contributed by atoms with Gasteiger partial charge in [0.1, 0.15) is 0 Å². The van der Waals surface area contributed by atoms with Crippen molar-refractivity contribution in [2.45, 2.75) is 26.1 Å². The minimum Gasteiger partial charge on any atom is -0.365 e. The van der Waals surface area contributed by atoms with Crippen LogP contribution >= 0.6 is 7.60 Å². The van der Waals surface area contributed by atoms with Crippen LogP contribution in [0.1, 0.15) is 19.8 Å². The molecule has 0 fully saturated rings. The Morgan fingerprint density at radius 2 is 2.00 bits per heavy atom. The molecule has 4 N–H and O–H groups in total. The number of aliphatic hydroxyl groups is 2. The summed E-state index contributed by atoms with van der Waals surface area (Å²) in [4.78, 5) is 17.0. The van der Waals surface area contributed by atoms with Crippen LogP contribution in [-0.2, 0) is 4.57 Å². The molecule has 78 valence electrons. The number of hydrogen-bond acceptors (Lipinski definition) is 3. The number of aliphatic hydroxyl groups excluding tert-OH is 1. The Morgan fingerprint density at radius 3 is 2.31 bits per heavy atom. The van der Waals surface area contributed by atoms with E-state index in [4.69, 9.17) is 20.0 Å². The Morgan fingerprint density at radius 1 is 1.46 bits per heavy atom. The van der Waals surface area contributed by atoms with Crippen molar-refractivity contribution < 1.29 is 24.6 Å². The van der Waals surface area contributed by atoms with Crippen molar-refractivity contribution in [1.82, 2.24) is 0 Å². The molecule has 0 unspecified atom stereocenters. The highest BCUT2D eigenvalue weighted by molar-refractivity contribution is 7.51. The summed E-state index contributed by atoms with van der Waals surface area (Å²) in [6, 6.07) is 0. The molecular weight excluding hydrogens is 195 g/mol. The second-order valence-corrected chi connectivity index (χ2v) is 4.51. The molecule has 0 aliphatic heterocycles. The molecule has 0 amide bonds. The Labute approximate surface area is 76.9 Å². The summed E-state index contributed by atoms with van der Waals surface area (Å²) in [5, 5.41) is 17.5. The van der Waals surface area contributed by atoms with Gasteiger partial charge in [-0.2, -0.15) is 0 Å². The molecule has 0 aliphatic carbocycles. The van der Waals surface area contributed by atoms with E-state index in [-0.39, 0.29) is 12.6 Å². The summed E-state index contributed by atoms with van der Waals surface area (Å²) in [5.74, 6) is 0. The predicted octanol–water partition coefficient (Wildman–Crippen LogP) is 0.201. The molecule has 0 bridgehead atoms. The van der Waals surface area contributed by atoms with Crippen molar-refractivity contribution in [3.05, 3.63) is 11.6 Å². The van der Waals surface area contributed by atoms with Crippen LogP contribution in [0.4, 0.5) is 0 Å². The highest BCUT2D eigenvalue weighted by Crippen LogP contribution is 2.35. The van der Waals surface area contributed by atoms with Crippen molar-refractivity contribution in [2.75, 3.05) is 6.16 Å². The fraction of sp³-hybridized carbons (Fsp3) is 0.714. The van der Waals surface area contributed by atoms with E-state index in [1.807, 2.05) is 0 Å². The van der Waals surface area contributed by atoms with Gasteiger partial charge in [0.25, 0.3) is 0 Å². The molecule has 0 aromatic rings. The molecule has 0 radical (unpaired) electrons. The molecule has 0 heterocycles. The first kappa shape index (κ1) is 12.8. The Balaban J connectivity index is 3.83. The third-order valence-electron chi connectivity index (χ3n) is 1.62. The minimum atomic E-state index is -3.95. The first-order chi connectivity index (χ1) is 5.87. The van der Waals surface area contributed by atoms with Gasteiger partial charge < -0.3 is 20.0 Å². The Kier molecular flexibility index (Phi) is 5.44. The van der Waals surface area contributed by atoms with E-state index in [2.05, 4.69) is 0 Å². The maximum atomic E-state index is 10.4. The highest BCUT2D eigenvalue weighted by Gasteiger charge is 2.13. The summed E-state index contributed by atoms with van der Waals surface area (Å²) in [6.45, 7) is 1.65. The van der Waals surface area contributed by atoms with Gasteiger partial charge in [-0.3, -0.25) is 4.57 Å². The second kappa shape index (κ2) is 5.52. The van der Waals surface area contributed by atoms with E-state index in [0.717, 1.165) is 0 Å². The SMILES string of the molecule is CC=C(CCCP(=O)(O)O)C(O)O. The molecule has 0 aromatic heterocycles. The highest BCUT2D eigenvalue weighted by atomic mass is 31.2. The van der Waals surface area contributed by atoms with Crippen LogP contribution in [-0.4, -0.2) is 32.5 Å². The third-order valence-corrected chi connectivity index (χ3v) is 2.52. The molecule has 0 atom stereocenters. The van der Waals surface area contributed by atoms with E-state index >= 15 is 0 Å². The van der Waals surface area contributed by atoms with Crippen LogP contribution in [0.25, 0.3) is 0 Å². The van der Waals surface area contributed by atoms with E-state index in [9.17, 15) is 4.57 Å². The van der Waals surface area contributed by atoms with Crippen molar-refractivity contribution in [1.29, 1.82) is 0 Å². The van der Waals surface area contributed by atoms with E-state index in [1.165, 1.54) is 6.08 Å². The topological polar surface area (TPSA) is 98.0 Å². The van der Waals surface area contributed by atoms with E-state index in [0.29, 0.717) is 12.0 Å². The lowest BCUT2D eigenvalue weighted by Crippen LogP contribution is -2.08. The molecule has 0 saturated carbocycles. The van der Waals surface area contributed by atoms with Crippen molar-refractivity contribution in [3.8, 4) is 0 Å². The van der Waals surface area contributed by atoms with Crippen molar-refractivity contribution >= 4 is 7.60 Å². The van der Waals surface area contributed by atoms with Crippen LogP contribution in [0.5, 0.6) is 0 Å². The number of rotatable bonds is 5. The van der Waals surface area contributed by atoms with Gasteiger partial charge in [-0.15, -0.1) is 0 Å². The molecule has 6 heteroatoms. The lowest BCUT2D eigenvalue weighted by molar-refractivity contribution is -0.0104. The van der Waals surface area contributed by atoms with Crippen LogP contribution in [0.15, 0.2) is 11.6 Å². The van der Waals surface area contributed by atoms with Gasteiger partial charge in [0.2, 0.25) is 0 Å². The summed E-state index contributed by atoms with van der Waals surface area (Å²) in [5.41, 5.74) is 0.383. The number of hydrogen-bond donors (Lipinski definition) is 4. The van der Waals surface area contributed by atoms with Gasteiger partial charge in [-0.1, -0.05) is 6.08 Å². The standard InChI is InChI=1S/C7H15O5P/c1-2-6(7(8)9)4-3-5-13(10,11)12/h2,7-9H,3-5H2,1H3,(H2,10,11,12). The van der Waals surface area contributed by atoms with Gasteiger partial charge in [-0.05, 0) is 25.3 Å². The lowest BCUT2D eigenvalue weighted by Gasteiger charge is -2.09. The number of allylic oxidation sites excluding steroid dienone is 1. The monoisotopic (exact) mass is 210 g/mol. The predicted molar refractivity (Wildman–Crippen MR) is 48.1 cm³/mol. The van der Waals surface area contributed by atoms with Crippen molar-refractivity contribution in [2.24, 2.45) is 0 Å². The molecule has 0 rings (SSSR count). The molecule has 0 aliphatic rings. The normalized spacial score (nSPS) is 13.8. The Bertz CT molecular complexity index is 217. The van der Waals surface area contributed by atoms with Crippen LogP contribution < -0.4 is 0 Å². The lowest BCUT2D eigenvalue weighted by atomic mass is 10.1. The van der Waals surface area contributed by atoms with Gasteiger partial charge in [0, 0.05) is 0 Å². The zero-order valence-electron chi connectivity index (χ0n) is 7.42. The third kappa shape index (κ3) is 6.93. The van der Waals surface area contributed by atoms with Gasteiger partial charge in [0.15, 0.2) is 6.29 Å². The van der Waals surface area contributed by atoms with Gasteiger partial charge in [0.05, 0.1) is 6.16 Å². The molecule has 13 heavy (non-hydrogen) atoms. The average molecular weight is 210 g/mol. The second-order valence-electron chi connectivity index (χ2n) is 2.73. The van der Waals surface area contributed by atoms with Crippen LogP contribution in [0.2, 0.25) is 0 Å². The zero-order valence-corrected chi connectivity index (χ0v) is 8.31. The summed E-state index contributed by atoms with van der Waals surface area (Å²) >= 11 is 0. The largest absolute Gasteiger partial charge is 0.365 e. The molecule has 0 saturated heterocycles. The maximum Gasteiger partial charge on any atom is 0.325 e. The van der Waals surface area contributed by atoms with Crippen LogP contribution in [0, 0.1) is 0 Å². The molecule has 0 spiro atoms. The summed E-state index contributed by atoms with van der Waals surface area (Å²) in [6.07, 6.45) is 0.323. The average Bonchev–Trinajstić information content (AvgIpc) is 1.95. The summed E-state index contributed by atoms with van der Waals surface area (Å²) < 4.78 is 10.4. The Hall–Kier alpha value is -0.190. The first-order valence-corrected chi connectivity index (χ1v) is 5.72. The summed E-state index contributed by atoms with van der Waals surface area (Å²) in [7, 11) is -3.95. The fourth-order valence-corrected chi connectivity index (χ4v) is 1.48. The van der Waals surface area contributed by atoms with E-state index in [1.54, 1.807) is 6.92 Å². The zero-order chi connectivity index (χ0) is 10.5. The van der Waals surface area contributed by atoms with E-state index < -0.39 is 13.9 Å². The minimum absolute atomic E-state index is 0.225. The van der Waals surface area contributed by atoms with Crippen LogP contribution in [0.3, 0.4) is 0 Å². The van der Waals surface area contributed by atoms with Gasteiger partial charge >= 0.3 is 7.60 Å².